The largest absolute Gasteiger partial charge is 0.348 e. The summed E-state index contributed by atoms with van der Waals surface area (Å²) >= 11 is 1.72. The number of carbonyl (C=O) groups is 1. The van der Waals surface area contributed by atoms with Crippen LogP contribution < -0.4 is 11.1 Å². The minimum atomic E-state index is 0.148. The molecule has 0 aliphatic heterocycles. The molecule has 2 rings (SSSR count). The van der Waals surface area contributed by atoms with E-state index in [2.05, 4.69) is 30.6 Å². The lowest BCUT2D eigenvalue weighted by molar-refractivity contribution is -0.127. The van der Waals surface area contributed by atoms with E-state index in [-0.39, 0.29) is 17.9 Å². The van der Waals surface area contributed by atoms with E-state index in [4.69, 9.17) is 5.73 Å². The van der Waals surface area contributed by atoms with Crippen LogP contribution in [-0.2, 0) is 4.79 Å². The van der Waals surface area contributed by atoms with Crippen molar-refractivity contribution in [2.45, 2.75) is 45.6 Å². The van der Waals surface area contributed by atoms with E-state index < -0.39 is 0 Å². The molecule has 20 heavy (non-hydrogen) atoms. The van der Waals surface area contributed by atoms with Crippen LogP contribution in [0.3, 0.4) is 0 Å². The third-order valence-electron chi connectivity index (χ3n) is 4.37. The molecule has 1 heterocycles. The van der Waals surface area contributed by atoms with E-state index in [1.165, 1.54) is 4.88 Å². The molecule has 4 heteroatoms. The quantitative estimate of drug-likeness (QED) is 0.875. The average Bonchev–Trinajstić information content (AvgIpc) is 2.98. The maximum absolute atomic E-state index is 12.5. The Morgan fingerprint density at radius 2 is 2.10 bits per heavy atom. The second kappa shape index (κ2) is 7.23. The first-order valence-electron chi connectivity index (χ1n) is 7.65. The fourth-order valence-corrected chi connectivity index (χ4v) is 3.92. The molecule has 0 saturated heterocycles. The molecule has 112 valence electrons. The second-order valence-corrected chi connectivity index (χ2v) is 7.18. The molecule has 3 N–H and O–H groups in total. The molecule has 1 aliphatic carbocycles. The average molecular weight is 294 g/mol. The third-order valence-corrected chi connectivity index (χ3v) is 5.32. The first-order valence-corrected chi connectivity index (χ1v) is 8.53. The molecule has 0 radical (unpaired) electrons. The summed E-state index contributed by atoms with van der Waals surface area (Å²) in [4.78, 5) is 13.7. The highest BCUT2D eigenvalue weighted by Gasteiger charge is 2.28. The molecule has 3 nitrogen and oxygen atoms in total. The standard InChI is InChI=1S/C16H26N2OS/c1-11(2)15(14-4-3-9-20-14)18-16(19)13-7-5-12(10-17)6-8-13/h3-4,9,11-13,15H,5-8,10,17H2,1-2H3,(H,18,19). The molecular formula is C16H26N2OS. The predicted molar refractivity (Wildman–Crippen MR) is 84.5 cm³/mol. The maximum Gasteiger partial charge on any atom is 0.223 e. The van der Waals surface area contributed by atoms with Gasteiger partial charge in [0, 0.05) is 10.8 Å². The molecule has 0 spiro atoms. The zero-order valence-corrected chi connectivity index (χ0v) is 13.3. The molecule has 1 aromatic rings. The number of hydrogen-bond donors (Lipinski definition) is 2. The molecule has 0 aromatic carbocycles. The van der Waals surface area contributed by atoms with Crippen molar-refractivity contribution in [1.82, 2.24) is 5.32 Å². The van der Waals surface area contributed by atoms with E-state index in [0.717, 1.165) is 32.2 Å². The van der Waals surface area contributed by atoms with Gasteiger partial charge in [-0.25, -0.2) is 0 Å². The van der Waals surface area contributed by atoms with Crippen molar-refractivity contribution in [2.24, 2.45) is 23.5 Å². The van der Waals surface area contributed by atoms with Crippen LogP contribution in [0, 0.1) is 17.8 Å². The minimum absolute atomic E-state index is 0.148. The number of amides is 1. The van der Waals surface area contributed by atoms with Crippen molar-refractivity contribution in [3.05, 3.63) is 22.4 Å². The zero-order chi connectivity index (χ0) is 14.5. The van der Waals surface area contributed by atoms with Crippen molar-refractivity contribution in [3.8, 4) is 0 Å². The van der Waals surface area contributed by atoms with Crippen LogP contribution in [0.2, 0.25) is 0 Å². The second-order valence-electron chi connectivity index (χ2n) is 6.20. The van der Waals surface area contributed by atoms with E-state index in [0.29, 0.717) is 11.8 Å². The SMILES string of the molecule is CC(C)C(NC(=O)C1CCC(CN)CC1)c1cccs1. The number of thiophene rings is 1. The van der Waals surface area contributed by atoms with Crippen molar-refractivity contribution >= 4 is 17.2 Å². The summed E-state index contributed by atoms with van der Waals surface area (Å²) in [6.07, 6.45) is 4.17. The Hall–Kier alpha value is -0.870. The smallest absolute Gasteiger partial charge is 0.223 e. The number of rotatable bonds is 5. The van der Waals surface area contributed by atoms with Crippen LogP contribution in [0.4, 0.5) is 0 Å². The summed E-state index contributed by atoms with van der Waals surface area (Å²) in [5, 5.41) is 5.33. The van der Waals surface area contributed by atoms with Crippen LogP contribution in [0.25, 0.3) is 0 Å². The molecule has 1 saturated carbocycles. The van der Waals surface area contributed by atoms with Crippen LogP contribution in [0.15, 0.2) is 17.5 Å². The van der Waals surface area contributed by atoms with Gasteiger partial charge in [-0.15, -0.1) is 11.3 Å². The lowest BCUT2D eigenvalue weighted by atomic mass is 9.81. The molecule has 1 atom stereocenters. The van der Waals surface area contributed by atoms with Gasteiger partial charge in [-0.05, 0) is 55.5 Å². The molecule has 1 amide bonds. The van der Waals surface area contributed by atoms with Gasteiger partial charge in [0.15, 0.2) is 0 Å². The molecule has 1 aliphatic rings. The fraction of sp³-hybridized carbons (Fsp3) is 0.688. The predicted octanol–water partition coefficient (Wildman–Crippen LogP) is 3.33. The Balaban J connectivity index is 1.92. The summed E-state index contributed by atoms with van der Waals surface area (Å²) < 4.78 is 0. The van der Waals surface area contributed by atoms with Gasteiger partial charge in [0.1, 0.15) is 0 Å². The van der Waals surface area contributed by atoms with Gasteiger partial charge in [0.25, 0.3) is 0 Å². The van der Waals surface area contributed by atoms with E-state index >= 15 is 0 Å². The highest BCUT2D eigenvalue weighted by Crippen LogP contribution is 2.30. The van der Waals surface area contributed by atoms with Gasteiger partial charge < -0.3 is 11.1 Å². The van der Waals surface area contributed by atoms with E-state index in [1.54, 1.807) is 11.3 Å². The van der Waals surface area contributed by atoms with Crippen LogP contribution in [-0.4, -0.2) is 12.5 Å². The van der Waals surface area contributed by atoms with Crippen molar-refractivity contribution in [1.29, 1.82) is 0 Å². The molecular weight excluding hydrogens is 268 g/mol. The van der Waals surface area contributed by atoms with Crippen molar-refractivity contribution in [3.63, 3.8) is 0 Å². The number of nitrogens with two attached hydrogens (primary N) is 1. The third kappa shape index (κ3) is 3.83. The highest BCUT2D eigenvalue weighted by atomic mass is 32.1. The van der Waals surface area contributed by atoms with E-state index in [1.807, 2.05) is 6.07 Å². The Labute approximate surface area is 125 Å². The summed E-state index contributed by atoms with van der Waals surface area (Å²) in [5.41, 5.74) is 5.71. The van der Waals surface area contributed by atoms with E-state index in [9.17, 15) is 4.79 Å². The molecule has 0 bridgehead atoms. The normalized spacial score (nSPS) is 24.6. The first-order chi connectivity index (χ1) is 9.61. The maximum atomic E-state index is 12.5. The van der Waals surface area contributed by atoms with Gasteiger partial charge in [0.05, 0.1) is 6.04 Å². The Bertz CT molecular complexity index is 408. The lowest BCUT2D eigenvalue weighted by Gasteiger charge is -2.29. The lowest BCUT2D eigenvalue weighted by Crippen LogP contribution is -2.38. The monoisotopic (exact) mass is 294 g/mol. The van der Waals surface area contributed by atoms with Crippen LogP contribution in [0.5, 0.6) is 0 Å². The van der Waals surface area contributed by atoms with Gasteiger partial charge >= 0.3 is 0 Å². The zero-order valence-electron chi connectivity index (χ0n) is 12.5. The van der Waals surface area contributed by atoms with Crippen LogP contribution >= 0.6 is 11.3 Å². The van der Waals surface area contributed by atoms with Gasteiger partial charge in [-0.2, -0.15) is 0 Å². The summed E-state index contributed by atoms with van der Waals surface area (Å²) in [6.45, 7) is 5.09. The van der Waals surface area contributed by atoms with Crippen molar-refractivity contribution in [2.75, 3.05) is 6.54 Å². The number of carbonyl (C=O) groups excluding carboxylic acids is 1. The Morgan fingerprint density at radius 3 is 2.60 bits per heavy atom. The molecule has 1 aromatic heterocycles. The summed E-state index contributed by atoms with van der Waals surface area (Å²) in [7, 11) is 0. The van der Waals surface area contributed by atoms with Gasteiger partial charge in [0.2, 0.25) is 5.91 Å². The number of nitrogens with one attached hydrogen (secondary N) is 1. The minimum Gasteiger partial charge on any atom is -0.348 e. The first kappa shape index (κ1) is 15.5. The fourth-order valence-electron chi connectivity index (χ4n) is 2.97. The Morgan fingerprint density at radius 1 is 1.40 bits per heavy atom. The highest BCUT2D eigenvalue weighted by molar-refractivity contribution is 7.10. The molecule has 1 fully saturated rings. The van der Waals surface area contributed by atoms with Gasteiger partial charge in [-0.1, -0.05) is 19.9 Å². The summed E-state index contributed by atoms with van der Waals surface area (Å²) in [5.74, 6) is 1.45. The molecule has 1 unspecified atom stereocenters. The van der Waals surface area contributed by atoms with Gasteiger partial charge in [-0.3, -0.25) is 4.79 Å². The Kier molecular flexibility index (Phi) is 5.61. The topological polar surface area (TPSA) is 55.1 Å². The number of hydrogen-bond acceptors (Lipinski definition) is 3. The van der Waals surface area contributed by atoms with Crippen molar-refractivity contribution < 1.29 is 4.79 Å². The van der Waals surface area contributed by atoms with Crippen LogP contribution in [0.1, 0.15) is 50.4 Å². The summed E-state index contributed by atoms with van der Waals surface area (Å²) in [6, 6.07) is 4.31.